The number of nitrogens with two attached hydrogens (primary N) is 1. The van der Waals surface area contributed by atoms with Gasteiger partial charge >= 0.3 is 0 Å². The second-order valence-corrected chi connectivity index (χ2v) is 3.35. The molecule has 0 atom stereocenters. The fourth-order valence-electron chi connectivity index (χ4n) is 0.972. The first-order chi connectivity index (χ1) is 6.25. The van der Waals surface area contributed by atoms with Crippen molar-refractivity contribution < 1.29 is 4.39 Å². The van der Waals surface area contributed by atoms with Gasteiger partial charge in [0.25, 0.3) is 0 Å². The number of nitrogens with zero attached hydrogens (tertiary/aromatic N) is 2. The zero-order valence-corrected chi connectivity index (χ0v) is 8.61. The molecule has 2 N–H and O–H groups in total. The predicted molar refractivity (Wildman–Crippen MR) is 57.0 cm³/mol. The van der Waals surface area contributed by atoms with Gasteiger partial charge in [-0.3, -0.25) is 4.98 Å². The molecule has 2 rings (SSSR count). The van der Waals surface area contributed by atoms with Crippen molar-refractivity contribution in [3.8, 4) is 11.3 Å². The molecule has 2 aromatic heterocycles. The third-order valence-corrected chi connectivity index (χ3v) is 2.20. The van der Waals surface area contributed by atoms with Crippen LogP contribution in [0.3, 0.4) is 0 Å². The molecule has 0 fully saturated rings. The molecule has 14 heavy (non-hydrogen) atoms. The van der Waals surface area contributed by atoms with Crippen LogP contribution >= 0.6 is 23.7 Å². The molecular formula is C8H7ClFN3S. The van der Waals surface area contributed by atoms with E-state index in [4.69, 9.17) is 5.73 Å². The maximum Gasteiger partial charge on any atom is 0.180 e. The number of thiazole rings is 1. The summed E-state index contributed by atoms with van der Waals surface area (Å²) in [5.74, 6) is -0.371. The highest BCUT2D eigenvalue weighted by molar-refractivity contribution is 7.13. The van der Waals surface area contributed by atoms with E-state index in [2.05, 4.69) is 9.97 Å². The highest BCUT2D eigenvalue weighted by Crippen LogP contribution is 2.22. The summed E-state index contributed by atoms with van der Waals surface area (Å²) in [7, 11) is 0. The molecule has 0 aromatic carbocycles. The molecule has 0 aliphatic rings. The second kappa shape index (κ2) is 4.34. The summed E-state index contributed by atoms with van der Waals surface area (Å²) in [6.07, 6.45) is 2.71. The number of nitrogen functional groups attached to an aromatic ring is 1. The van der Waals surface area contributed by atoms with Gasteiger partial charge in [0.05, 0.1) is 11.9 Å². The molecule has 0 radical (unpaired) electrons. The average molecular weight is 232 g/mol. The first-order valence-corrected chi connectivity index (χ1v) is 4.45. The summed E-state index contributed by atoms with van der Waals surface area (Å²) in [6.45, 7) is 0. The van der Waals surface area contributed by atoms with Crippen LogP contribution in [0.4, 0.5) is 9.52 Å². The van der Waals surface area contributed by atoms with E-state index in [-0.39, 0.29) is 18.2 Å². The monoisotopic (exact) mass is 231 g/mol. The number of aromatic nitrogens is 2. The van der Waals surface area contributed by atoms with Crippen molar-refractivity contribution in [2.24, 2.45) is 0 Å². The lowest BCUT2D eigenvalue weighted by Gasteiger charge is -1.94. The topological polar surface area (TPSA) is 51.8 Å². The first-order valence-electron chi connectivity index (χ1n) is 3.57. The smallest absolute Gasteiger partial charge is 0.180 e. The van der Waals surface area contributed by atoms with E-state index in [1.54, 1.807) is 11.6 Å². The number of anilines is 1. The fourth-order valence-corrected chi connectivity index (χ4v) is 1.54. The number of pyridine rings is 1. The Hall–Kier alpha value is -1.20. The zero-order valence-electron chi connectivity index (χ0n) is 6.98. The summed E-state index contributed by atoms with van der Waals surface area (Å²) in [6, 6.07) is 1.38. The van der Waals surface area contributed by atoms with Gasteiger partial charge in [0.15, 0.2) is 5.13 Å². The summed E-state index contributed by atoms with van der Waals surface area (Å²) in [5, 5.41) is 2.24. The zero-order chi connectivity index (χ0) is 9.26. The summed E-state index contributed by atoms with van der Waals surface area (Å²) in [5.41, 5.74) is 6.76. The predicted octanol–water partition coefficient (Wildman–Crippen LogP) is 2.35. The average Bonchev–Trinajstić information content (AvgIpc) is 2.52. The number of hydrogen-bond donors (Lipinski definition) is 1. The Morgan fingerprint density at radius 2 is 2.14 bits per heavy atom. The SMILES string of the molecule is Cl.Nc1nc(-c2cncc(F)c2)cs1. The summed E-state index contributed by atoms with van der Waals surface area (Å²) >= 11 is 1.32. The number of rotatable bonds is 1. The Labute approximate surface area is 90.2 Å². The van der Waals surface area contributed by atoms with Crippen molar-refractivity contribution in [3.63, 3.8) is 0 Å². The molecular weight excluding hydrogens is 225 g/mol. The molecule has 2 aromatic rings. The fraction of sp³-hybridized carbons (Fsp3) is 0. The van der Waals surface area contributed by atoms with E-state index in [0.29, 0.717) is 16.4 Å². The van der Waals surface area contributed by atoms with Crippen molar-refractivity contribution in [1.82, 2.24) is 9.97 Å². The van der Waals surface area contributed by atoms with Crippen LogP contribution in [0.25, 0.3) is 11.3 Å². The molecule has 0 bridgehead atoms. The van der Waals surface area contributed by atoms with Crippen LogP contribution in [0.15, 0.2) is 23.8 Å². The van der Waals surface area contributed by atoms with Crippen LogP contribution < -0.4 is 5.73 Å². The van der Waals surface area contributed by atoms with Gasteiger partial charge < -0.3 is 5.73 Å². The maximum atomic E-state index is 12.7. The Morgan fingerprint density at radius 1 is 1.36 bits per heavy atom. The van der Waals surface area contributed by atoms with Crippen LogP contribution in [0, 0.1) is 5.82 Å². The van der Waals surface area contributed by atoms with E-state index in [1.165, 1.54) is 17.4 Å². The third kappa shape index (κ3) is 2.18. The van der Waals surface area contributed by atoms with E-state index < -0.39 is 0 Å². The van der Waals surface area contributed by atoms with Crippen LogP contribution in [-0.4, -0.2) is 9.97 Å². The molecule has 0 unspecified atom stereocenters. The van der Waals surface area contributed by atoms with Crippen LogP contribution in [0.1, 0.15) is 0 Å². The van der Waals surface area contributed by atoms with Crippen LogP contribution in [-0.2, 0) is 0 Å². The second-order valence-electron chi connectivity index (χ2n) is 2.46. The Kier molecular flexibility index (Phi) is 3.38. The summed E-state index contributed by atoms with van der Waals surface area (Å²) in [4.78, 5) is 7.73. The van der Waals surface area contributed by atoms with Crippen LogP contribution in [0.5, 0.6) is 0 Å². The molecule has 74 valence electrons. The lowest BCUT2D eigenvalue weighted by molar-refractivity contribution is 0.622. The lowest BCUT2D eigenvalue weighted by Crippen LogP contribution is -1.85. The van der Waals surface area contributed by atoms with Gasteiger partial charge in [0.2, 0.25) is 0 Å². The Balaban J connectivity index is 0.000000980. The lowest BCUT2D eigenvalue weighted by atomic mass is 10.2. The van der Waals surface area contributed by atoms with Crippen LogP contribution in [0.2, 0.25) is 0 Å². The molecule has 6 heteroatoms. The minimum Gasteiger partial charge on any atom is -0.375 e. The van der Waals surface area contributed by atoms with Gasteiger partial charge in [0, 0.05) is 17.1 Å². The number of hydrogen-bond acceptors (Lipinski definition) is 4. The van der Waals surface area contributed by atoms with Gasteiger partial charge in [-0.05, 0) is 6.07 Å². The van der Waals surface area contributed by atoms with E-state index >= 15 is 0 Å². The Bertz CT molecular complexity index is 432. The minimum absolute atomic E-state index is 0. The molecule has 2 heterocycles. The third-order valence-electron chi connectivity index (χ3n) is 1.52. The van der Waals surface area contributed by atoms with Gasteiger partial charge in [-0.15, -0.1) is 23.7 Å². The summed E-state index contributed by atoms with van der Waals surface area (Å²) < 4.78 is 12.7. The van der Waals surface area contributed by atoms with Gasteiger partial charge in [0.1, 0.15) is 5.82 Å². The minimum atomic E-state index is -0.371. The van der Waals surface area contributed by atoms with Gasteiger partial charge in [-0.25, -0.2) is 9.37 Å². The Morgan fingerprint density at radius 3 is 2.71 bits per heavy atom. The normalized spacial score (nSPS) is 9.50. The first kappa shape index (κ1) is 10.9. The van der Waals surface area contributed by atoms with Gasteiger partial charge in [-0.2, -0.15) is 0 Å². The van der Waals surface area contributed by atoms with Crippen molar-refractivity contribution in [2.45, 2.75) is 0 Å². The molecule has 0 saturated carbocycles. The molecule has 0 spiro atoms. The highest BCUT2D eigenvalue weighted by Gasteiger charge is 2.03. The largest absolute Gasteiger partial charge is 0.375 e. The standard InChI is InChI=1S/C8H6FN3S.ClH/c9-6-1-5(2-11-3-6)7-4-13-8(10)12-7;/h1-4H,(H2,10,12);1H. The van der Waals surface area contributed by atoms with Crippen molar-refractivity contribution in [1.29, 1.82) is 0 Å². The molecule has 0 saturated heterocycles. The van der Waals surface area contributed by atoms with Gasteiger partial charge in [-0.1, -0.05) is 0 Å². The van der Waals surface area contributed by atoms with Crippen molar-refractivity contribution >= 4 is 28.9 Å². The van der Waals surface area contributed by atoms with Crippen molar-refractivity contribution in [3.05, 3.63) is 29.7 Å². The van der Waals surface area contributed by atoms with E-state index in [0.717, 1.165) is 6.20 Å². The maximum absolute atomic E-state index is 12.7. The van der Waals surface area contributed by atoms with Crippen molar-refractivity contribution in [2.75, 3.05) is 5.73 Å². The number of halogens is 2. The molecule has 3 nitrogen and oxygen atoms in total. The van der Waals surface area contributed by atoms with E-state index in [1.807, 2.05) is 0 Å². The van der Waals surface area contributed by atoms with E-state index in [9.17, 15) is 4.39 Å². The molecule has 0 amide bonds. The quantitative estimate of drug-likeness (QED) is 0.820. The highest BCUT2D eigenvalue weighted by atomic mass is 35.5. The molecule has 0 aliphatic carbocycles. The molecule has 0 aliphatic heterocycles.